The summed E-state index contributed by atoms with van der Waals surface area (Å²) in [6.45, 7) is 2.31. The van der Waals surface area contributed by atoms with Crippen LogP contribution in [0.15, 0.2) is 66.7 Å². The lowest BCUT2D eigenvalue weighted by molar-refractivity contribution is -0.137. The molecule has 3 aromatic rings. The van der Waals surface area contributed by atoms with E-state index in [-0.39, 0.29) is 18.1 Å². The molecule has 0 bridgehead atoms. The Hall–Kier alpha value is -4.23. The number of ketones is 1. The van der Waals surface area contributed by atoms with Crippen molar-refractivity contribution in [2.75, 3.05) is 24.7 Å². The van der Waals surface area contributed by atoms with Gasteiger partial charge in [-0.1, -0.05) is 36.4 Å². The number of nitrogens with zero attached hydrogens (tertiary/aromatic N) is 1. The van der Waals surface area contributed by atoms with Gasteiger partial charge in [-0.15, -0.1) is 0 Å². The quantitative estimate of drug-likeness (QED) is 0.296. The van der Waals surface area contributed by atoms with E-state index < -0.39 is 5.97 Å². The summed E-state index contributed by atoms with van der Waals surface area (Å²) in [6, 6.07) is 20.7. The maximum Gasteiger partial charge on any atom is 0.303 e. The van der Waals surface area contributed by atoms with E-state index in [0.29, 0.717) is 34.5 Å². The molecule has 1 aliphatic heterocycles. The van der Waals surface area contributed by atoms with Gasteiger partial charge in [0.2, 0.25) is 0 Å². The lowest BCUT2D eigenvalue weighted by atomic mass is 9.96. The Morgan fingerprint density at radius 2 is 1.56 bits per heavy atom. The lowest BCUT2D eigenvalue weighted by Crippen LogP contribution is -2.11. The first kappa shape index (κ1) is 24.9. The van der Waals surface area contributed by atoms with Crippen LogP contribution >= 0.6 is 0 Å². The summed E-state index contributed by atoms with van der Waals surface area (Å²) in [5, 5.41) is 15.3. The second-order valence-corrected chi connectivity index (χ2v) is 9.17. The van der Waals surface area contributed by atoms with E-state index in [9.17, 15) is 14.4 Å². The zero-order valence-corrected chi connectivity index (χ0v) is 20.6. The molecule has 3 N–H and O–H groups in total. The van der Waals surface area contributed by atoms with Gasteiger partial charge in [0.05, 0.1) is 11.3 Å². The number of amides is 1. The summed E-state index contributed by atoms with van der Waals surface area (Å²) in [7, 11) is 4.03. The zero-order valence-electron chi connectivity index (χ0n) is 20.6. The first-order valence-corrected chi connectivity index (χ1v) is 11.7. The minimum Gasteiger partial charge on any atom is -0.481 e. The van der Waals surface area contributed by atoms with Crippen LogP contribution in [0.2, 0.25) is 0 Å². The van der Waals surface area contributed by atoms with Crippen molar-refractivity contribution in [3.8, 4) is 0 Å². The van der Waals surface area contributed by atoms with Gasteiger partial charge in [-0.05, 0) is 74.5 Å². The molecule has 1 amide bonds. The topological polar surface area (TPSA) is 98.7 Å². The molecule has 0 saturated heterocycles. The van der Waals surface area contributed by atoms with E-state index in [0.717, 1.165) is 28.9 Å². The number of aryl methyl sites for hydroxylation is 1. The Bertz CT molecular complexity index is 1340. The molecule has 1 heterocycles. The van der Waals surface area contributed by atoms with Crippen molar-refractivity contribution in [3.63, 3.8) is 0 Å². The van der Waals surface area contributed by atoms with Gasteiger partial charge in [-0.25, -0.2) is 0 Å². The fourth-order valence-corrected chi connectivity index (χ4v) is 4.21. The van der Waals surface area contributed by atoms with Gasteiger partial charge in [0.15, 0.2) is 5.78 Å². The van der Waals surface area contributed by atoms with Crippen LogP contribution in [0.25, 0.3) is 11.3 Å². The van der Waals surface area contributed by atoms with Crippen LogP contribution in [0.4, 0.5) is 11.4 Å². The molecule has 0 spiro atoms. The van der Waals surface area contributed by atoms with Crippen molar-refractivity contribution in [1.29, 1.82) is 0 Å². The molecule has 1 aliphatic rings. The highest BCUT2D eigenvalue weighted by atomic mass is 16.4. The molecule has 0 radical (unpaired) electrons. The number of hydrogen-bond donors (Lipinski definition) is 3. The maximum absolute atomic E-state index is 13.2. The first-order chi connectivity index (χ1) is 17.2. The molecule has 3 aromatic carbocycles. The third kappa shape index (κ3) is 5.70. The number of hydrogen-bond acceptors (Lipinski definition) is 5. The average molecular weight is 484 g/mol. The van der Waals surface area contributed by atoms with Crippen molar-refractivity contribution in [2.24, 2.45) is 0 Å². The highest BCUT2D eigenvalue weighted by molar-refractivity contribution is 6.37. The van der Waals surface area contributed by atoms with Crippen molar-refractivity contribution in [3.05, 3.63) is 94.5 Å². The summed E-state index contributed by atoms with van der Waals surface area (Å²) >= 11 is 0. The molecule has 4 rings (SSSR count). The van der Waals surface area contributed by atoms with E-state index in [1.54, 1.807) is 18.2 Å². The van der Waals surface area contributed by atoms with Crippen molar-refractivity contribution >= 4 is 40.3 Å². The van der Waals surface area contributed by atoms with E-state index in [2.05, 4.69) is 15.5 Å². The van der Waals surface area contributed by atoms with Gasteiger partial charge < -0.3 is 20.6 Å². The zero-order chi connectivity index (χ0) is 25.8. The average Bonchev–Trinajstić information content (AvgIpc) is 3.17. The highest BCUT2D eigenvalue weighted by Crippen LogP contribution is 2.38. The fourth-order valence-electron chi connectivity index (χ4n) is 4.21. The largest absolute Gasteiger partial charge is 0.481 e. The number of carbonyl (C=O) groups excluding carboxylic acids is 2. The minimum atomic E-state index is -0.846. The number of aliphatic carboxylic acids is 1. The molecule has 7 heteroatoms. The molecule has 0 unspecified atom stereocenters. The standard InChI is InChI=1S/C29H29N3O4/c1-18(33)22-11-14-25-24(16-22)27(29(36)31-25)28(21-9-4-19(5-10-21)8-15-26(34)35)30-23-12-6-20(7-13-23)17-32(2)3/h4-7,9-14,16,30H,8,15,17H2,1-3H3,(H,31,36)(H,34,35)/b28-27-. The molecule has 0 atom stereocenters. The Kier molecular flexibility index (Phi) is 7.31. The third-order valence-electron chi connectivity index (χ3n) is 6.01. The monoisotopic (exact) mass is 483 g/mol. The van der Waals surface area contributed by atoms with Crippen LogP contribution in [0.3, 0.4) is 0 Å². The number of carboxylic acids is 1. The SMILES string of the molecule is CC(=O)c1ccc2c(c1)/C(=C(/Nc1ccc(CN(C)C)cc1)c1ccc(CCC(=O)O)cc1)C(=O)N2. The summed E-state index contributed by atoms with van der Waals surface area (Å²) in [5.74, 6) is -1.18. The number of nitrogens with one attached hydrogen (secondary N) is 2. The summed E-state index contributed by atoms with van der Waals surface area (Å²) in [6.07, 6.45) is 0.474. The number of anilines is 2. The van der Waals surface area contributed by atoms with Gasteiger partial charge in [0.1, 0.15) is 0 Å². The number of rotatable bonds is 9. The van der Waals surface area contributed by atoms with Crippen LogP contribution in [0.5, 0.6) is 0 Å². The lowest BCUT2D eigenvalue weighted by Gasteiger charge is -2.16. The van der Waals surface area contributed by atoms with Gasteiger partial charge in [-0.2, -0.15) is 0 Å². The van der Waals surface area contributed by atoms with Crippen molar-refractivity contribution in [2.45, 2.75) is 26.3 Å². The summed E-state index contributed by atoms with van der Waals surface area (Å²) < 4.78 is 0. The molecular weight excluding hydrogens is 454 g/mol. The van der Waals surface area contributed by atoms with Crippen LogP contribution in [0.1, 0.15) is 46.0 Å². The first-order valence-electron chi connectivity index (χ1n) is 11.7. The molecule has 36 heavy (non-hydrogen) atoms. The van der Waals surface area contributed by atoms with Gasteiger partial charge in [0.25, 0.3) is 5.91 Å². The normalized spacial score (nSPS) is 13.8. The Morgan fingerprint density at radius 1 is 0.917 bits per heavy atom. The molecule has 184 valence electrons. The van der Waals surface area contributed by atoms with Gasteiger partial charge >= 0.3 is 5.97 Å². The molecule has 7 nitrogen and oxygen atoms in total. The van der Waals surface area contributed by atoms with E-state index in [1.165, 1.54) is 6.92 Å². The van der Waals surface area contributed by atoms with Crippen molar-refractivity contribution < 1.29 is 19.5 Å². The number of carbonyl (C=O) groups is 3. The molecule has 0 fully saturated rings. The maximum atomic E-state index is 13.2. The number of benzene rings is 3. The summed E-state index contributed by atoms with van der Waals surface area (Å²) in [4.78, 5) is 38.2. The van der Waals surface area contributed by atoms with E-state index >= 15 is 0 Å². The smallest absolute Gasteiger partial charge is 0.303 e. The molecule has 0 aliphatic carbocycles. The third-order valence-corrected chi connectivity index (χ3v) is 6.01. The number of fused-ring (bicyclic) bond motifs is 1. The second kappa shape index (κ2) is 10.6. The minimum absolute atomic E-state index is 0.0500. The predicted octanol–water partition coefficient (Wildman–Crippen LogP) is 4.90. The van der Waals surface area contributed by atoms with E-state index in [1.807, 2.05) is 62.6 Å². The Morgan fingerprint density at radius 3 is 2.17 bits per heavy atom. The number of carboxylic acid groups (broad SMARTS) is 1. The van der Waals surface area contributed by atoms with Crippen molar-refractivity contribution in [1.82, 2.24) is 4.90 Å². The van der Waals surface area contributed by atoms with Crippen LogP contribution in [0, 0.1) is 0 Å². The van der Waals surface area contributed by atoms with E-state index in [4.69, 9.17) is 5.11 Å². The van der Waals surface area contributed by atoms with Gasteiger partial charge in [0, 0.05) is 35.5 Å². The second-order valence-electron chi connectivity index (χ2n) is 9.17. The highest BCUT2D eigenvalue weighted by Gasteiger charge is 2.29. The fraction of sp³-hybridized carbons (Fsp3) is 0.207. The predicted molar refractivity (Wildman–Crippen MR) is 142 cm³/mol. The van der Waals surface area contributed by atoms with Crippen LogP contribution < -0.4 is 10.6 Å². The Balaban J connectivity index is 1.78. The molecular formula is C29H29N3O4. The molecule has 0 aromatic heterocycles. The summed E-state index contributed by atoms with van der Waals surface area (Å²) in [5.41, 5.74) is 6.55. The van der Waals surface area contributed by atoms with Crippen LogP contribution in [-0.4, -0.2) is 41.8 Å². The number of Topliss-reactive ketones (excluding diaryl/α,β-unsaturated/α-hetero) is 1. The Labute approximate surface area is 210 Å². The van der Waals surface area contributed by atoms with Crippen LogP contribution in [-0.2, 0) is 22.6 Å². The van der Waals surface area contributed by atoms with Gasteiger partial charge in [-0.3, -0.25) is 14.4 Å². The molecule has 0 saturated carbocycles.